The fraction of sp³-hybridized carbons (Fsp3) is 0.100. The standard InChI is InChI=1S/C30H25ClN2O7S/c31-25-18-24(14-15-27(25)40-19-20-8-3-1-4-9-20)33-30(36)29(35)32-23-13-7-10-21(16-23)17-26(34)28(41(37,38)39)22-11-5-2-6-12-22/h1-16,18,28H,17,19H2,(H,32,35)(H,33,36)(H,37,38,39). The maximum atomic E-state index is 12.9. The number of carbonyl (C=O) groups excluding carboxylic acids is 3. The van der Waals surface area contributed by atoms with Crippen LogP contribution in [0.3, 0.4) is 0 Å². The molecule has 3 N–H and O–H groups in total. The van der Waals surface area contributed by atoms with Crippen molar-refractivity contribution < 1.29 is 32.1 Å². The molecule has 0 radical (unpaired) electrons. The summed E-state index contributed by atoms with van der Waals surface area (Å²) in [6.07, 6.45) is -0.341. The molecule has 0 heterocycles. The van der Waals surface area contributed by atoms with Crippen molar-refractivity contribution in [2.24, 2.45) is 0 Å². The zero-order valence-corrected chi connectivity index (χ0v) is 23.1. The largest absolute Gasteiger partial charge is 0.487 e. The topological polar surface area (TPSA) is 139 Å². The minimum Gasteiger partial charge on any atom is -0.487 e. The van der Waals surface area contributed by atoms with Crippen LogP contribution in [0.5, 0.6) is 5.75 Å². The van der Waals surface area contributed by atoms with E-state index in [1.54, 1.807) is 36.4 Å². The zero-order chi connectivity index (χ0) is 29.4. The highest BCUT2D eigenvalue weighted by Crippen LogP contribution is 2.29. The van der Waals surface area contributed by atoms with E-state index in [-0.39, 0.29) is 28.4 Å². The summed E-state index contributed by atoms with van der Waals surface area (Å²) in [7, 11) is -4.72. The van der Waals surface area contributed by atoms with Gasteiger partial charge in [0, 0.05) is 17.8 Å². The second kappa shape index (κ2) is 13.2. The first kappa shape index (κ1) is 29.5. The van der Waals surface area contributed by atoms with Crippen LogP contribution in [0.4, 0.5) is 11.4 Å². The molecule has 4 aromatic rings. The van der Waals surface area contributed by atoms with Gasteiger partial charge in [-0.15, -0.1) is 0 Å². The third-order valence-electron chi connectivity index (χ3n) is 5.89. The Morgan fingerprint density at radius 3 is 1.95 bits per heavy atom. The van der Waals surface area contributed by atoms with Crippen LogP contribution in [0.15, 0.2) is 103 Å². The van der Waals surface area contributed by atoms with E-state index in [0.29, 0.717) is 17.9 Å². The van der Waals surface area contributed by atoms with Gasteiger partial charge in [0.15, 0.2) is 11.0 Å². The van der Waals surface area contributed by atoms with Crippen LogP contribution in [0, 0.1) is 0 Å². The van der Waals surface area contributed by atoms with Gasteiger partial charge in [0.05, 0.1) is 5.02 Å². The minimum absolute atomic E-state index is 0.136. The van der Waals surface area contributed by atoms with Gasteiger partial charge >= 0.3 is 11.8 Å². The fourth-order valence-electron chi connectivity index (χ4n) is 4.01. The Bertz CT molecular complexity index is 1660. The molecule has 2 amide bonds. The highest BCUT2D eigenvalue weighted by Gasteiger charge is 2.32. The molecule has 4 rings (SSSR count). The Morgan fingerprint density at radius 1 is 0.756 bits per heavy atom. The second-order valence-corrected chi connectivity index (χ2v) is 10.9. The first-order valence-electron chi connectivity index (χ1n) is 12.3. The van der Waals surface area contributed by atoms with Gasteiger partial charge in [-0.25, -0.2) is 0 Å². The molecule has 0 aliphatic carbocycles. The number of rotatable bonds is 10. The van der Waals surface area contributed by atoms with E-state index in [0.717, 1.165) is 5.56 Å². The quantitative estimate of drug-likeness (QED) is 0.169. The molecule has 0 saturated carbocycles. The molecule has 4 aromatic carbocycles. The molecule has 210 valence electrons. The van der Waals surface area contributed by atoms with Gasteiger partial charge in [-0.2, -0.15) is 8.42 Å². The molecule has 1 unspecified atom stereocenters. The summed E-state index contributed by atoms with van der Waals surface area (Å²) in [4.78, 5) is 37.9. The van der Waals surface area contributed by atoms with Crippen molar-refractivity contribution in [2.45, 2.75) is 18.3 Å². The van der Waals surface area contributed by atoms with Crippen LogP contribution in [-0.4, -0.2) is 30.6 Å². The molecule has 0 fully saturated rings. The van der Waals surface area contributed by atoms with Gasteiger partial charge in [-0.3, -0.25) is 18.9 Å². The van der Waals surface area contributed by atoms with Crippen molar-refractivity contribution >= 4 is 50.7 Å². The summed E-state index contributed by atoms with van der Waals surface area (Å²) in [5, 5.41) is 3.40. The molecule has 0 aromatic heterocycles. The first-order chi connectivity index (χ1) is 19.6. The summed E-state index contributed by atoms with van der Waals surface area (Å²) < 4.78 is 39.3. The third kappa shape index (κ3) is 8.24. The third-order valence-corrected chi connectivity index (χ3v) is 7.32. The molecular weight excluding hydrogens is 568 g/mol. The Morgan fingerprint density at radius 2 is 1.34 bits per heavy atom. The lowest BCUT2D eigenvalue weighted by Crippen LogP contribution is -2.29. The number of hydrogen-bond acceptors (Lipinski definition) is 6. The zero-order valence-electron chi connectivity index (χ0n) is 21.5. The van der Waals surface area contributed by atoms with E-state index in [9.17, 15) is 27.4 Å². The first-order valence-corrected chi connectivity index (χ1v) is 14.2. The Balaban J connectivity index is 1.36. The highest BCUT2D eigenvalue weighted by atomic mass is 35.5. The lowest BCUT2D eigenvalue weighted by Gasteiger charge is -2.14. The number of nitrogens with one attached hydrogen (secondary N) is 2. The van der Waals surface area contributed by atoms with Crippen LogP contribution >= 0.6 is 11.6 Å². The molecule has 41 heavy (non-hydrogen) atoms. The van der Waals surface area contributed by atoms with E-state index in [2.05, 4.69) is 10.6 Å². The maximum absolute atomic E-state index is 12.9. The Labute approximate surface area is 241 Å². The van der Waals surface area contributed by atoms with Crippen LogP contribution in [0.1, 0.15) is 21.9 Å². The summed E-state index contributed by atoms with van der Waals surface area (Å²) in [6, 6.07) is 27.8. The predicted molar refractivity (Wildman–Crippen MR) is 155 cm³/mol. The van der Waals surface area contributed by atoms with Gasteiger partial charge in [-0.1, -0.05) is 84.4 Å². The van der Waals surface area contributed by atoms with E-state index in [4.69, 9.17) is 16.3 Å². The van der Waals surface area contributed by atoms with Crippen molar-refractivity contribution in [3.63, 3.8) is 0 Å². The number of carbonyl (C=O) groups is 3. The van der Waals surface area contributed by atoms with Gasteiger partial charge in [0.2, 0.25) is 0 Å². The predicted octanol–water partition coefficient (Wildman–Crippen LogP) is 5.24. The number of benzene rings is 4. The molecule has 0 bridgehead atoms. The minimum atomic E-state index is -4.72. The van der Waals surface area contributed by atoms with Crippen molar-refractivity contribution in [3.8, 4) is 5.75 Å². The van der Waals surface area contributed by atoms with Crippen molar-refractivity contribution in [2.75, 3.05) is 10.6 Å². The number of ketones is 1. The number of halogens is 1. The molecule has 0 aliphatic rings. The van der Waals surface area contributed by atoms with E-state index in [1.165, 1.54) is 36.4 Å². The molecular formula is C30H25ClN2O7S. The Hall–Kier alpha value is -4.51. The van der Waals surface area contributed by atoms with Crippen molar-refractivity contribution in [1.29, 1.82) is 0 Å². The number of amides is 2. The van der Waals surface area contributed by atoms with Crippen LogP contribution < -0.4 is 15.4 Å². The molecule has 11 heteroatoms. The van der Waals surface area contributed by atoms with E-state index >= 15 is 0 Å². The van der Waals surface area contributed by atoms with Gasteiger partial charge < -0.3 is 15.4 Å². The SMILES string of the molecule is O=C(Nc1cccc(CC(=O)C(c2ccccc2)S(=O)(=O)O)c1)C(=O)Nc1ccc(OCc2ccccc2)c(Cl)c1. The normalized spacial score (nSPS) is 11.8. The lowest BCUT2D eigenvalue weighted by molar-refractivity contribution is -0.132. The molecule has 0 spiro atoms. The fourth-order valence-corrected chi connectivity index (χ4v) is 5.16. The van der Waals surface area contributed by atoms with Crippen molar-refractivity contribution in [3.05, 3.63) is 125 Å². The smallest absolute Gasteiger partial charge is 0.314 e. The lowest BCUT2D eigenvalue weighted by atomic mass is 10.0. The van der Waals surface area contributed by atoms with Crippen LogP contribution in [-0.2, 0) is 37.5 Å². The van der Waals surface area contributed by atoms with E-state index in [1.807, 2.05) is 30.3 Å². The van der Waals surface area contributed by atoms with E-state index < -0.39 is 33.0 Å². The average Bonchev–Trinajstić information content (AvgIpc) is 2.93. The van der Waals surface area contributed by atoms with Gasteiger partial charge in [0.25, 0.3) is 10.1 Å². The number of Topliss-reactive ketones (excluding diaryl/α,β-unsaturated/α-hetero) is 1. The van der Waals surface area contributed by atoms with Crippen LogP contribution in [0.2, 0.25) is 5.02 Å². The summed E-state index contributed by atoms with van der Waals surface area (Å²) in [6.45, 7) is 0.308. The number of anilines is 2. The molecule has 0 aliphatic heterocycles. The average molecular weight is 593 g/mol. The monoisotopic (exact) mass is 592 g/mol. The number of hydrogen-bond donors (Lipinski definition) is 3. The van der Waals surface area contributed by atoms with Gasteiger partial charge in [-0.05, 0) is 47.0 Å². The summed E-state index contributed by atoms with van der Waals surface area (Å²) in [5.41, 5.74) is 1.95. The Kier molecular flexibility index (Phi) is 9.51. The highest BCUT2D eigenvalue weighted by molar-refractivity contribution is 7.86. The number of ether oxygens (including phenoxy) is 1. The maximum Gasteiger partial charge on any atom is 0.314 e. The molecule has 0 saturated heterocycles. The summed E-state index contributed by atoms with van der Waals surface area (Å²) >= 11 is 6.28. The summed E-state index contributed by atoms with van der Waals surface area (Å²) in [5.74, 6) is -2.29. The van der Waals surface area contributed by atoms with Crippen molar-refractivity contribution in [1.82, 2.24) is 0 Å². The van der Waals surface area contributed by atoms with Gasteiger partial charge in [0.1, 0.15) is 12.4 Å². The van der Waals surface area contributed by atoms with Crippen LogP contribution in [0.25, 0.3) is 0 Å². The molecule has 9 nitrogen and oxygen atoms in total. The molecule has 1 atom stereocenters. The second-order valence-electron chi connectivity index (χ2n) is 8.98.